The zero-order valence-corrected chi connectivity index (χ0v) is 10.1. The highest BCUT2D eigenvalue weighted by Crippen LogP contribution is 2.31. The van der Waals surface area contributed by atoms with E-state index in [4.69, 9.17) is 4.74 Å². The summed E-state index contributed by atoms with van der Waals surface area (Å²) in [6.07, 6.45) is 0.114. The van der Waals surface area contributed by atoms with Gasteiger partial charge >= 0.3 is 12.1 Å². The lowest BCUT2D eigenvalue weighted by Gasteiger charge is -2.06. The molecule has 1 fully saturated rings. The standard InChI is InChI=1S/C13H15NO4/c1-17-12(15)10-7-11(10)14-13(16)18-8-9-5-3-2-4-6-9/h2-6,10-11H,7-8H2,1H3,(H,14,16). The van der Waals surface area contributed by atoms with Crippen LogP contribution in [0.1, 0.15) is 12.0 Å². The van der Waals surface area contributed by atoms with Gasteiger partial charge in [0.25, 0.3) is 0 Å². The molecule has 2 unspecified atom stereocenters. The molecule has 96 valence electrons. The number of carbonyl (C=O) groups excluding carboxylic acids is 2. The second kappa shape index (κ2) is 5.53. The first-order valence-corrected chi connectivity index (χ1v) is 5.75. The Kier molecular flexibility index (Phi) is 3.82. The van der Waals surface area contributed by atoms with E-state index in [2.05, 4.69) is 10.1 Å². The smallest absolute Gasteiger partial charge is 0.407 e. The first-order valence-electron chi connectivity index (χ1n) is 5.75. The van der Waals surface area contributed by atoms with Crippen molar-refractivity contribution in [2.24, 2.45) is 5.92 Å². The number of alkyl carbamates (subject to hydrolysis) is 1. The maximum Gasteiger partial charge on any atom is 0.407 e. The van der Waals surface area contributed by atoms with Gasteiger partial charge in [-0.05, 0) is 12.0 Å². The molecule has 0 saturated heterocycles. The van der Waals surface area contributed by atoms with E-state index >= 15 is 0 Å². The van der Waals surface area contributed by atoms with Crippen LogP contribution in [0.5, 0.6) is 0 Å². The fourth-order valence-corrected chi connectivity index (χ4v) is 1.68. The fraction of sp³-hybridized carbons (Fsp3) is 0.385. The summed E-state index contributed by atoms with van der Waals surface area (Å²) in [5.41, 5.74) is 0.924. The van der Waals surface area contributed by atoms with Gasteiger partial charge in [-0.2, -0.15) is 0 Å². The molecule has 18 heavy (non-hydrogen) atoms. The SMILES string of the molecule is COC(=O)C1CC1NC(=O)OCc1ccccc1. The van der Waals surface area contributed by atoms with E-state index < -0.39 is 6.09 Å². The Morgan fingerprint density at radius 2 is 2.06 bits per heavy atom. The molecule has 0 aromatic heterocycles. The van der Waals surface area contributed by atoms with Crippen molar-refractivity contribution < 1.29 is 19.1 Å². The van der Waals surface area contributed by atoms with Crippen LogP contribution in [-0.4, -0.2) is 25.2 Å². The third-order valence-corrected chi connectivity index (χ3v) is 2.81. The van der Waals surface area contributed by atoms with E-state index in [1.54, 1.807) is 0 Å². The van der Waals surface area contributed by atoms with Crippen molar-refractivity contribution in [3.05, 3.63) is 35.9 Å². The molecule has 1 aromatic rings. The van der Waals surface area contributed by atoms with Gasteiger partial charge < -0.3 is 14.8 Å². The van der Waals surface area contributed by atoms with Gasteiger partial charge in [-0.15, -0.1) is 0 Å². The zero-order valence-electron chi connectivity index (χ0n) is 10.1. The van der Waals surface area contributed by atoms with E-state index in [9.17, 15) is 9.59 Å². The normalized spacial score (nSPS) is 20.9. The average Bonchev–Trinajstić information content (AvgIpc) is 3.16. The number of amides is 1. The number of rotatable bonds is 4. The Labute approximate surface area is 105 Å². The minimum atomic E-state index is -0.504. The number of esters is 1. The first-order chi connectivity index (χ1) is 8.70. The molecule has 2 rings (SSSR count). The van der Waals surface area contributed by atoms with Crippen molar-refractivity contribution in [3.8, 4) is 0 Å². The predicted octanol–water partition coefficient (Wildman–Crippen LogP) is 1.47. The lowest BCUT2D eigenvalue weighted by atomic mass is 10.2. The van der Waals surface area contributed by atoms with Crippen molar-refractivity contribution in [1.29, 1.82) is 0 Å². The van der Waals surface area contributed by atoms with E-state index in [-0.39, 0.29) is 24.5 Å². The monoisotopic (exact) mass is 249 g/mol. The topological polar surface area (TPSA) is 64.6 Å². The Morgan fingerprint density at radius 1 is 1.33 bits per heavy atom. The van der Waals surface area contributed by atoms with Crippen molar-refractivity contribution in [1.82, 2.24) is 5.32 Å². The maximum absolute atomic E-state index is 11.4. The molecule has 1 aliphatic rings. The molecule has 0 radical (unpaired) electrons. The Hall–Kier alpha value is -2.04. The van der Waals surface area contributed by atoms with E-state index in [0.29, 0.717) is 6.42 Å². The Morgan fingerprint density at radius 3 is 2.72 bits per heavy atom. The van der Waals surface area contributed by atoms with Crippen LogP contribution >= 0.6 is 0 Å². The van der Waals surface area contributed by atoms with Gasteiger partial charge in [0, 0.05) is 6.04 Å². The lowest BCUT2D eigenvalue weighted by molar-refractivity contribution is -0.142. The minimum absolute atomic E-state index is 0.152. The molecule has 0 aliphatic heterocycles. The molecule has 1 saturated carbocycles. The third kappa shape index (κ3) is 3.23. The average molecular weight is 249 g/mol. The van der Waals surface area contributed by atoms with Crippen LogP contribution < -0.4 is 5.32 Å². The molecule has 1 N–H and O–H groups in total. The number of methoxy groups -OCH3 is 1. The summed E-state index contributed by atoms with van der Waals surface area (Å²) >= 11 is 0. The number of nitrogens with one attached hydrogen (secondary N) is 1. The van der Waals surface area contributed by atoms with Gasteiger partial charge in [0.15, 0.2) is 0 Å². The highest BCUT2D eigenvalue weighted by molar-refractivity contribution is 5.78. The van der Waals surface area contributed by atoms with Crippen molar-refractivity contribution in [2.45, 2.75) is 19.1 Å². The molecule has 1 aromatic carbocycles. The van der Waals surface area contributed by atoms with Crippen LogP contribution in [0.3, 0.4) is 0 Å². The number of carbonyl (C=O) groups is 2. The Bertz CT molecular complexity index is 432. The summed E-state index contributed by atoms with van der Waals surface area (Å²) in [4.78, 5) is 22.6. The van der Waals surface area contributed by atoms with Crippen molar-refractivity contribution >= 4 is 12.1 Å². The predicted molar refractivity (Wildman–Crippen MR) is 63.7 cm³/mol. The summed E-state index contributed by atoms with van der Waals surface area (Å²) in [5, 5.41) is 2.63. The van der Waals surface area contributed by atoms with Crippen molar-refractivity contribution in [3.63, 3.8) is 0 Å². The van der Waals surface area contributed by atoms with Gasteiger partial charge in [-0.1, -0.05) is 30.3 Å². The molecule has 1 aliphatic carbocycles. The fourth-order valence-electron chi connectivity index (χ4n) is 1.68. The van der Waals surface area contributed by atoms with Crippen LogP contribution in [0, 0.1) is 5.92 Å². The summed E-state index contributed by atoms with van der Waals surface area (Å²) in [5.74, 6) is -0.511. The minimum Gasteiger partial charge on any atom is -0.469 e. The number of hydrogen-bond acceptors (Lipinski definition) is 4. The van der Waals surface area contributed by atoms with E-state index in [1.807, 2.05) is 30.3 Å². The summed E-state index contributed by atoms with van der Waals surface area (Å²) in [6.45, 7) is 0.224. The quantitative estimate of drug-likeness (QED) is 0.821. The number of benzene rings is 1. The molecule has 0 heterocycles. The van der Waals surface area contributed by atoms with Crippen molar-refractivity contribution in [2.75, 3.05) is 7.11 Å². The molecule has 5 nitrogen and oxygen atoms in total. The summed E-state index contributed by atoms with van der Waals surface area (Å²) in [7, 11) is 1.34. The number of hydrogen-bond donors (Lipinski definition) is 1. The van der Waals surface area contributed by atoms with Crippen LogP contribution in [-0.2, 0) is 20.9 Å². The van der Waals surface area contributed by atoms with Gasteiger partial charge in [0.2, 0.25) is 0 Å². The van der Waals surface area contributed by atoms with Crippen LogP contribution in [0.4, 0.5) is 4.79 Å². The van der Waals surface area contributed by atoms with Gasteiger partial charge in [-0.3, -0.25) is 4.79 Å². The number of ether oxygens (including phenoxy) is 2. The van der Waals surface area contributed by atoms with Crippen LogP contribution in [0.25, 0.3) is 0 Å². The summed E-state index contributed by atoms with van der Waals surface area (Å²) < 4.78 is 9.62. The van der Waals surface area contributed by atoms with Crippen LogP contribution in [0.15, 0.2) is 30.3 Å². The second-order valence-corrected chi connectivity index (χ2v) is 4.18. The van der Waals surface area contributed by atoms with Gasteiger partial charge in [0.1, 0.15) is 6.61 Å². The molecule has 1 amide bonds. The van der Waals surface area contributed by atoms with Gasteiger partial charge in [0.05, 0.1) is 13.0 Å². The molecular weight excluding hydrogens is 234 g/mol. The Balaban J connectivity index is 1.69. The molecular formula is C13H15NO4. The third-order valence-electron chi connectivity index (χ3n) is 2.81. The molecule has 2 atom stereocenters. The van der Waals surface area contributed by atoms with Crippen LogP contribution in [0.2, 0.25) is 0 Å². The largest absolute Gasteiger partial charge is 0.469 e. The van der Waals surface area contributed by atoms with Gasteiger partial charge in [-0.25, -0.2) is 4.79 Å². The maximum atomic E-state index is 11.4. The molecule has 5 heteroatoms. The second-order valence-electron chi connectivity index (χ2n) is 4.18. The lowest BCUT2D eigenvalue weighted by Crippen LogP contribution is -2.28. The summed E-state index contributed by atoms with van der Waals surface area (Å²) in [6, 6.07) is 9.26. The zero-order chi connectivity index (χ0) is 13.0. The molecule has 0 spiro atoms. The highest BCUT2D eigenvalue weighted by Gasteiger charge is 2.45. The first kappa shape index (κ1) is 12.4. The van der Waals surface area contributed by atoms with E-state index in [0.717, 1.165) is 5.56 Å². The van der Waals surface area contributed by atoms with E-state index in [1.165, 1.54) is 7.11 Å². The molecule has 0 bridgehead atoms. The highest BCUT2D eigenvalue weighted by atomic mass is 16.5.